The number of hydrogen-bond donors (Lipinski definition) is 1. The molecule has 76 valence electrons. The second-order valence-corrected chi connectivity index (χ2v) is 2.87. The zero-order valence-corrected chi connectivity index (χ0v) is 8.45. The molecule has 0 bridgehead atoms. The summed E-state index contributed by atoms with van der Waals surface area (Å²) in [5, 5.41) is 20.7. The van der Waals surface area contributed by atoms with Crippen LogP contribution in [0.15, 0.2) is 18.2 Å². The van der Waals surface area contributed by atoms with Crippen LogP contribution in [0.1, 0.15) is 11.1 Å². The predicted molar refractivity (Wildman–Crippen MR) is 56.2 cm³/mol. The van der Waals surface area contributed by atoms with E-state index in [4.69, 9.17) is 15.3 Å². The normalized spacial score (nSPS) is 9.00. The van der Waals surface area contributed by atoms with Crippen molar-refractivity contribution in [3.8, 4) is 12.1 Å². The number of anilines is 1. The van der Waals surface area contributed by atoms with E-state index in [1.807, 2.05) is 12.1 Å². The molecule has 0 heterocycles. The Balaban J connectivity index is 2.93. The number of nitrogens with one attached hydrogen (secondary N) is 1. The molecular formula is C11H11N3O. The number of nitrogens with zero attached hydrogens (tertiary/aromatic N) is 2. The van der Waals surface area contributed by atoms with E-state index >= 15 is 0 Å². The maximum Gasteiger partial charge on any atom is 0.101 e. The molecule has 0 saturated heterocycles. The third kappa shape index (κ3) is 2.70. The third-order valence-corrected chi connectivity index (χ3v) is 1.91. The number of para-hydroxylation sites is 1. The third-order valence-electron chi connectivity index (χ3n) is 1.91. The van der Waals surface area contributed by atoms with Gasteiger partial charge in [-0.05, 0) is 12.1 Å². The van der Waals surface area contributed by atoms with E-state index < -0.39 is 0 Å². The Morgan fingerprint density at radius 2 is 1.87 bits per heavy atom. The largest absolute Gasteiger partial charge is 0.383 e. The van der Waals surface area contributed by atoms with Gasteiger partial charge in [0.15, 0.2) is 0 Å². The van der Waals surface area contributed by atoms with Crippen LogP contribution >= 0.6 is 0 Å². The summed E-state index contributed by atoms with van der Waals surface area (Å²) in [6.07, 6.45) is 0. The first-order valence-corrected chi connectivity index (χ1v) is 4.49. The molecular weight excluding hydrogens is 190 g/mol. The molecule has 1 aromatic carbocycles. The van der Waals surface area contributed by atoms with Crippen molar-refractivity contribution in [2.24, 2.45) is 0 Å². The average molecular weight is 201 g/mol. The van der Waals surface area contributed by atoms with Gasteiger partial charge in [-0.25, -0.2) is 0 Å². The van der Waals surface area contributed by atoms with E-state index in [1.54, 1.807) is 25.3 Å². The van der Waals surface area contributed by atoms with Crippen molar-refractivity contribution in [2.75, 3.05) is 25.6 Å². The SMILES string of the molecule is COCCNc1c(C#N)cccc1C#N. The highest BCUT2D eigenvalue weighted by Gasteiger charge is 2.06. The van der Waals surface area contributed by atoms with E-state index in [0.717, 1.165) is 0 Å². The summed E-state index contributed by atoms with van der Waals surface area (Å²) >= 11 is 0. The molecule has 4 heteroatoms. The predicted octanol–water partition coefficient (Wildman–Crippen LogP) is 1.49. The second kappa shape index (κ2) is 5.64. The fraction of sp³-hybridized carbons (Fsp3) is 0.273. The first kappa shape index (κ1) is 11.0. The number of ether oxygens (including phenoxy) is 1. The maximum atomic E-state index is 8.86. The lowest BCUT2D eigenvalue weighted by atomic mass is 10.1. The van der Waals surface area contributed by atoms with Gasteiger partial charge in [0.2, 0.25) is 0 Å². The van der Waals surface area contributed by atoms with Crippen LogP contribution in [0, 0.1) is 22.7 Å². The van der Waals surface area contributed by atoms with Gasteiger partial charge in [0, 0.05) is 13.7 Å². The molecule has 1 N–H and O–H groups in total. The van der Waals surface area contributed by atoms with Crippen molar-refractivity contribution in [2.45, 2.75) is 0 Å². The Bertz CT molecular complexity index is 383. The molecule has 4 nitrogen and oxygen atoms in total. The minimum absolute atomic E-state index is 0.477. The Labute approximate surface area is 88.7 Å². The molecule has 0 fully saturated rings. The van der Waals surface area contributed by atoms with Gasteiger partial charge in [-0.1, -0.05) is 6.07 Å². The molecule has 0 aliphatic rings. The summed E-state index contributed by atoms with van der Waals surface area (Å²) < 4.78 is 4.88. The van der Waals surface area contributed by atoms with Gasteiger partial charge in [-0.2, -0.15) is 10.5 Å². The quantitative estimate of drug-likeness (QED) is 0.749. The Morgan fingerprint density at radius 3 is 2.33 bits per heavy atom. The molecule has 0 atom stereocenters. The fourth-order valence-corrected chi connectivity index (χ4v) is 1.21. The molecule has 15 heavy (non-hydrogen) atoms. The first-order chi connectivity index (χ1) is 7.33. The van der Waals surface area contributed by atoms with E-state index in [1.165, 1.54) is 0 Å². The smallest absolute Gasteiger partial charge is 0.101 e. The van der Waals surface area contributed by atoms with Crippen LogP contribution in [-0.2, 0) is 4.74 Å². The zero-order valence-electron chi connectivity index (χ0n) is 8.45. The lowest BCUT2D eigenvalue weighted by Gasteiger charge is -2.08. The van der Waals surface area contributed by atoms with E-state index in [9.17, 15) is 0 Å². The van der Waals surface area contributed by atoms with Crippen LogP contribution in [0.4, 0.5) is 5.69 Å². The molecule has 0 spiro atoms. The van der Waals surface area contributed by atoms with Gasteiger partial charge in [0.25, 0.3) is 0 Å². The van der Waals surface area contributed by atoms with E-state index in [0.29, 0.717) is 30.0 Å². The minimum atomic E-state index is 0.477. The van der Waals surface area contributed by atoms with Crippen LogP contribution in [-0.4, -0.2) is 20.3 Å². The van der Waals surface area contributed by atoms with Crippen molar-refractivity contribution >= 4 is 5.69 Å². The van der Waals surface area contributed by atoms with Crippen molar-refractivity contribution in [1.29, 1.82) is 10.5 Å². The van der Waals surface area contributed by atoms with Crippen LogP contribution in [0.5, 0.6) is 0 Å². The molecule has 0 unspecified atom stereocenters. The van der Waals surface area contributed by atoms with Gasteiger partial charge in [0.05, 0.1) is 23.4 Å². The van der Waals surface area contributed by atoms with Gasteiger partial charge < -0.3 is 10.1 Å². The standard InChI is InChI=1S/C11H11N3O/c1-15-6-5-14-11-9(7-12)3-2-4-10(11)8-13/h2-4,14H,5-6H2,1H3. The molecule has 0 aromatic heterocycles. The highest BCUT2D eigenvalue weighted by atomic mass is 16.5. The van der Waals surface area contributed by atoms with Crippen molar-refractivity contribution in [3.63, 3.8) is 0 Å². The Kier molecular flexibility index (Phi) is 4.15. The number of rotatable bonds is 4. The van der Waals surface area contributed by atoms with Crippen molar-refractivity contribution in [1.82, 2.24) is 0 Å². The summed E-state index contributed by atoms with van der Waals surface area (Å²) in [4.78, 5) is 0. The number of nitriles is 2. The van der Waals surface area contributed by atoms with Gasteiger partial charge in [-0.15, -0.1) is 0 Å². The summed E-state index contributed by atoms with van der Waals surface area (Å²) in [6.45, 7) is 1.11. The summed E-state index contributed by atoms with van der Waals surface area (Å²) in [5.74, 6) is 0. The monoisotopic (exact) mass is 201 g/mol. The van der Waals surface area contributed by atoms with Crippen LogP contribution in [0.25, 0.3) is 0 Å². The summed E-state index contributed by atoms with van der Waals surface area (Å²) in [6, 6.07) is 9.13. The highest BCUT2D eigenvalue weighted by molar-refractivity contribution is 5.66. The Hall–Kier alpha value is -2.04. The van der Waals surface area contributed by atoms with Crippen LogP contribution < -0.4 is 5.32 Å². The summed E-state index contributed by atoms with van der Waals surface area (Å²) in [7, 11) is 1.60. The van der Waals surface area contributed by atoms with E-state index in [2.05, 4.69) is 5.32 Å². The van der Waals surface area contributed by atoms with Gasteiger partial charge in [0.1, 0.15) is 12.1 Å². The number of benzene rings is 1. The Morgan fingerprint density at radius 1 is 1.27 bits per heavy atom. The van der Waals surface area contributed by atoms with Gasteiger partial charge in [-0.3, -0.25) is 0 Å². The first-order valence-electron chi connectivity index (χ1n) is 4.49. The van der Waals surface area contributed by atoms with Crippen LogP contribution in [0.2, 0.25) is 0 Å². The topological polar surface area (TPSA) is 68.8 Å². The molecule has 0 aliphatic carbocycles. The maximum absolute atomic E-state index is 8.86. The number of hydrogen-bond acceptors (Lipinski definition) is 4. The lowest BCUT2D eigenvalue weighted by Crippen LogP contribution is -2.09. The fourth-order valence-electron chi connectivity index (χ4n) is 1.21. The van der Waals surface area contributed by atoms with Gasteiger partial charge >= 0.3 is 0 Å². The second-order valence-electron chi connectivity index (χ2n) is 2.87. The van der Waals surface area contributed by atoms with Crippen molar-refractivity contribution in [3.05, 3.63) is 29.3 Å². The molecule has 0 aliphatic heterocycles. The summed E-state index contributed by atoms with van der Waals surface area (Å²) in [5.41, 5.74) is 1.54. The molecule has 1 aromatic rings. The van der Waals surface area contributed by atoms with Crippen LogP contribution in [0.3, 0.4) is 0 Å². The average Bonchev–Trinajstić information content (AvgIpc) is 2.29. The molecule has 1 rings (SSSR count). The molecule has 0 saturated carbocycles. The zero-order chi connectivity index (χ0) is 11.1. The molecule has 0 amide bonds. The minimum Gasteiger partial charge on any atom is -0.383 e. The molecule has 0 radical (unpaired) electrons. The van der Waals surface area contributed by atoms with Crippen molar-refractivity contribution < 1.29 is 4.74 Å². The number of methoxy groups -OCH3 is 1. The highest BCUT2D eigenvalue weighted by Crippen LogP contribution is 2.19. The lowest BCUT2D eigenvalue weighted by molar-refractivity contribution is 0.211. The van der Waals surface area contributed by atoms with E-state index in [-0.39, 0.29) is 0 Å².